The minimum Gasteiger partial charge on any atom is -0.481 e. The van der Waals surface area contributed by atoms with Gasteiger partial charge in [-0.05, 0) is 53.8 Å². The van der Waals surface area contributed by atoms with Crippen LogP contribution in [0.4, 0.5) is 11.5 Å². The minimum atomic E-state index is -0.387. The number of nitrogens with zero attached hydrogens (tertiary/aromatic N) is 3. The lowest BCUT2D eigenvalue weighted by Crippen LogP contribution is -2.15. The highest BCUT2D eigenvalue weighted by Gasteiger charge is 2.25. The smallest absolute Gasteiger partial charge is 0.249 e. The molecule has 0 radical (unpaired) electrons. The molecule has 2 aromatic heterocycles. The molecule has 0 spiro atoms. The van der Waals surface area contributed by atoms with Gasteiger partial charge in [0.05, 0.1) is 7.11 Å². The first-order valence-corrected chi connectivity index (χ1v) is 8.79. The Labute approximate surface area is 157 Å². The molecule has 2 N–H and O–H groups in total. The van der Waals surface area contributed by atoms with Crippen LogP contribution in [-0.2, 0) is 12.8 Å². The number of ether oxygens (including phenoxy) is 1. The molecule has 0 bridgehead atoms. The van der Waals surface area contributed by atoms with Crippen molar-refractivity contribution in [3.05, 3.63) is 77.1 Å². The van der Waals surface area contributed by atoms with E-state index >= 15 is 0 Å². The topological polar surface area (TPSA) is 81.3 Å². The summed E-state index contributed by atoms with van der Waals surface area (Å²) in [5.74, 6) is 1.09. The molecule has 27 heavy (non-hydrogen) atoms. The lowest BCUT2D eigenvalue weighted by molar-refractivity contribution is 0.0999. The highest BCUT2D eigenvalue weighted by molar-refractivity contribution is 5.96. The van der Waals surface area contributed by atoms with E-state index in [2.05, 4.69) is 20.9 Å². The summed E-state index contributed by atoms with van der Waals surface area (Å²) in [4.78, 5) is 22.6. The van der Waals surface area contributed by atoms with Gasteiger partial charge in [0.2, 0.25) is 11.8 Å². The Morgan fingerprint density at radius 1 is 1.19 bits per heavy atom. The molecule has 0 aliphatic carbocycles. The molecular formula is C21H20N4O2. The number of hydrogen-bond acceptors (Lipinski definition) is 5. The molecular weight excluding hydrogens is 340 g/mol. The van der Waals surface area contributed by atoms with Crippen molar-refractivity contribution >= 4 is 17.4 Å². The Balaban J connectivity index is 1.61. The second kappa shape index (κ2) is 7.07. The van der Waals surface area contributed by atoms with E-state index < -0.39 is 0 Å². The summed E-state index contributed by atoms with van der Waals surface area (Å²) in [5, 5.41) is 0. The number of amides is 1. The molecule has 0 unspecified atom stereocenters. The van der Waals surface area contributed by atoms with Crippen LogP contribution in [0.1, 0.15) is 27.0 Å². The van der Waals surface area contributed by atoms with Crippen LogP contribution in [0, 0.1) is 0 Å². The Bertz CT molecular complexity index is 986. The van der Waals surface area contributed by atoms with Crippen LogP contribution < -0.4 is 15.4 Å². The van der Waals surface area contributed by atoms with Gasteiger partial charge in [-0.25, -0.2) is 9.97 Å². The molecule has 0 saturated carbocycles. The first-order valence-electron chi connectivity index (χ1n) is 8.79. The third kappa shape index (κ3) is 3.33. The number of methoxy groups -OCH3 is 1. The van der Waals surface area contributed by atoms with Gasteiger partial charge in [-0.15, -0.1) is 0 Å². The first-order chi connectivity index (χ1) is 13.2. The third-order valence-electron chi connectivity index (χ3n) is 4.79. The maximum absolute atomic E-state index is 11.7. The van der Waals surface area contributed by atoms with E-state index in [1.54, 1.807) is 13.2 Å². The molecule has 1 amide bonds. The SMILES string of the molecule is COc1ccc(Cc2ccnc(N3CCc4c(C(N)=O)cccc43)c2)cn1. The summed E-state index contributed by atoms with van der Waals surface area (Å²) in [6, 6.07) is 13.6. The van der Waals surface area contributed by atoms with Crippen LogP contribution in [0.5, 0.6) is 5.88 Å². The fraction of sp³-hybridized carbons (Fsp3) is 0.190. The fourth-order valence-corrected chi connectivity index (χ4v) is 3.49. The number of carbonyl (C=O) groups is 1. The van der Waals surface area contributed by atoms with Gasteiger partial charge in [0, 0.05) is 36.3 Å². The summed E-state index contributed by atoms with van der Waals surface area (Å²) in [7, 11) is 1.61. The van der Waals surface area contributed by atoms with Crippen molar-refractivity contribution in [3.63, 3.8) is 0 Å². The quantitative estimate of drug-likeness (QED) is 0.757. The molecule has 3 aromatic rings. The average molecular weight is 360 g/mol. The Hall–Kier alpha value is -3.41. The lowest BCUT2D eigenvalue weighted by atomic mass is 10.0. The molecule has 1 aliphatic heterocycles. The number of nitrogens with two attached hydrogens (primary N) is 1. The van der Waals surface area contributed by atoms with Crippen LogP contribution in [0.25, 0.3) is 0 Å². The number of rotatable bonds is 5. The average Bonchev–Trinajstić information content (AvgIpc) is 3.13. The predicted octanol–water partition coefficient (Wildman–Crippen LogP) is 2.87. The monoisotopic (exact) mass is 360 g/mol. The van der Waals surface area contributed by atoms with E-state index in [1.165, 1.54) is 0 Å². The molecule has 0 fully saturated rings. The predicted molar refractivity (Wildman–Crippen MR) is 104 cm³/mol. The summed E-state index contributed by atoms with van der Waals surface area (Å²) < 4.78 is 5.11. The van der Waals surface area contributed by atoms with Gasteiger partial charge < -0.3 is 15.4 Å². The molecule has 6 nitrogen and oxygen atoms in total. The van der Waals surface area contributed by atoms with Crippen molar-refractivity contribution in [2.75, 3.05) is 18.6 Å². The van der Waals surface area contributed by atoms with Crippen molar-refractivity contribution < 1.29 is 9.53 Å². The Morgan fingerprint density at radius 2 is 2.07 bits per heavy atom. The van der Waals surface area contributed by atoms with Crippen LogP contribution in [0.3, 0.4) is 0 Å². The summed E-state index contributed by atoms with van der Waals surface area (Å²) in [5.41, 5.74) is 10.4. The van der Waals surface area contributed by atoms with Crippen molar-refractivity contribution in [1.29, 1.82) is 0 Å². The van der Waals surface area contributed by atoms with Crippen LogP contribution in [-0.4, -0.2) is 29.5 Å². The second-order valence-corrected chi connectivity index (χ2v) is 6.48. The van der Waals surface area contributed by atoms with E-state index in [4.69, 9.17) is 10.5 Å². The van der Waals surface area contributed by atoms with Gasteiger partial charge in [-0.2, -0.15) is 0 Å². The van der Waals surface area contributed by atoms with Gasteiger partial charge in [-0.3, -0.25) is 4.79 Å². The normalized spacial score (nSPS) is 12.7. The summed E-state index contributed by atoms with van der Waals surface area (Å²) >= 11 is 0. The second-order valence-electron chi connectivity index (χ2n) is 6.48. The lowest BCUT2D eigenvalue weighted by Gasteiger charge is -2.19. The standard InChI is InChI=1S/C21H20N4O2/c1-27-20-6-5-15(13-24-20)11-14-7-9-23-19(12-14)25-10-8-16-17(21(22)26)3-2-4-18(16)25/h2-7,9,12-13H,8,10-11H2,1H3,(H2,22,26). The largest absolute Gasteiger partial charge is 0.481 e. The fourth-order valence-electron chi connectivity index (χ4n) is 3.49. The van der Waals surface area contributed by atoms with Crippen LogP contribution >= 0.6 is 0 Å². The van der Waals surface area contributed by atoms with E-state index in [0.717, 1.165) is 47.6 Å². The first kappa shape index (κ1) is 17.0. The van der Waals surface area contributed by atoms with Crippen LogP contribution in [0.15, 0.2) is 54.9 Å². The number of benzene rings is 1. The third-order valence-corrected chi connectivity index (χ3v) is 4.79. The number of carbonyl (C=O) groups excluding carboxylic acids is 1. The molecule has 136 valence electrons. The zero-order valence-corrected chi connectivity index (χ0v) is 15.1. The number of fused-ring (bicyclic) bond motifs is 1. The molecule has 4 rings (SSSR count). The maximum Gasteiger partial charge on any atom is 0.249 e. The van der Waals surface area contributed by atoms with Gasteiger partial charge in [0.25, 0.3) is 0 Å². The van der Waals surface area contributed by atoms with Crippen molar-refractivity contribution in [2.45, 2.75) is 12.8 Å². The molecule has 0 saturated heterocycles. The van der Waals surface area contributed by atoms with Crippen LogP contribution in [0.2, 0.25) is 0 Å². The van der Waals surface area contributed by atoms with E-state index in [-0.39, 0.29) is 5.91 Å². The Kier molecular flexibility index (Phi) is 4.46. The summed E-state index contributed by atoms with van der Waals surface area (Å²) in [6.07, 6.45) is 5.18. The number of aromatic nitrogens is 2. The molecule has 0 atom stereocenters. The van der Waals surface area contributed by atoms with E-state index in [1.807, 2.05) is 42.7 Å². The van der Waals surface area contributed by atoms with Gasteiger partial charge in [-0.1, -0.05) is 12.1 Å². The zero-order chi connectivity index (χ0) is 18.8. The van der Waals surface area contributed by atoms with Crippen molar-refractivity contribution in [1.82, 2.24) is 9.97 Å². The number of anilines is 2. The van der Waals surface area contributed by atoms with E-state index in [9.17, 15) is 4.79 Å². The van der Waals surface area contributed by atoms with Crippen molar-refractivity contribution in [3.8, 4) is 5.88 Å². The Morgan fingerprint density at radius 3 is 2.81 bits per heavy atom. The molecule has 6 heteroatoms. The minimum absolute atomic E-state index is 0.387. The number of primary amides is 1. The van der Waals surface area contributed by atoms with Gasteiger partial charge in [0.15, 0.2) is 0 Å². The highest BCUT2D eigenvalue weighted by Crippen LogP contribution is 2.35. The highest BCUT2D eigenvalue weighted by atomic mass is 16.5. The molecule has 1 aromatic carbocycles. The van der Waals surface area contributed by atoms with Gasteiger partial charge >= 0.3 is 0 Å². The van der Waals surface area contributed by atoms with Gasteiger partial charge in [0.1, 0.15) is 5.82 Å². The van der Waals surface area contributed by atoms with E-state index in [0.29, 0.717) is 11.4 Å². The molecule has 1 aliphatic rings. The zero-order valence-electron chi connectivity index (χ0n) is 15.1. The molecule has 3 heterocycles. The maximum atomic E-state index is 11.7. The summed E-state index contributed by atoms with van der Waals surface area (Å²) in [6.45, 7) is 0.778. The van der Waals surface area contributed by atoms with Crippen molar-refractivity contribution in [2.24, 2.45) is 5.73 Å². The number of hydrogen-bond donors (Lipinski definition) is 1. The number of pyridine rings is 2.